The number of carbonyl (C=O) groups excluding carboxylic acids is 2. The van der Waals surface area contributed by atoms with Gasteiger partial charge >= 0.3 is 18.1 Å². The van der Waals surface area contributed by atoms with E-state index in [9.17, 15) is 27.9 Å². The Morgan fingerprint density at radius 3 is 2.22 bits per heavy atom. The maximum atomic E-state index is 13.3. The van der Waals surface area contributed by atoms with Crippen LogP contribution in [0.5, 0.6) is 16.6 Å². The fourth-order valence-electron chi connectivity index (χ4n) is 3.33. The first-order chi connectivity index (χ1) is 16.7. The summed E-state index contributed by atoms with van der Waals surface area (Å²) < 4.78 is 56.0. The van der Waals surface area contributed by atoms with Gasteiger partial charge in [-0.15, -0.1) is 0 Å². The third-order valence-electron chi connectivity index (χ3n) is 4.82. The summed E-state index contributed by atoms with van der Waals surface area (Å²) in [5, 5.41) is 10.8. The summed E-state index contributed by atoms with van der Waals surface area (Å²) >= 11 is 1.32. The van der Waals surface area contributed by atoms with E-state index >= 15 is 0 Å². The summed E-state index contributed by atoms with van der Waals surface area (Å²) in [7, 11) is 0. The SMILES string of the molecule is CC(=O)Oc1cc(C)c(-c2ccc(OCc3ccc(C(F)(F)F)c(O)c3C(=O)OC(C)(C)C)cc2)s1. The zero-order chi connectivity index (χ0) is 26.8. The van der Waals surface area contributed by atoms with Crippen molar-refractivity contribution in [1.29, 1.82) is 0 Å². The van der Waals surface area contributed by atoms with Gasteiger partial charge in [-0.3, -0.25) is 4.79 Å². The molecule has 1 aromatic heterocycles. The molecule has 1 N–H and O–H groups in total. The molecule has 192 valence electrons. The Morgan fingerprint density at radius 2 is 1.67 bits per heavy atom. The lowest BCUT2D eigenvalue weighted by Gasteiger charge is -2.22. The minimum Gasteiger partial charge on any atom is -0.506 e. The smallest absolute Gasteiger partial charge is 0.419 e. The topological polar surface area (TPSA) is 82.1 Å². The highest BCUT2D eigenvalue weighted by atomic mass is 32.1. The molecule has 0 radical (unpaired) electrons. The number of thiophene rings is 1. The number of phenols is 1. The van der Waals surface area contributed by atoms with Crippen molar-refractivity contribution in [2.75, 3.05) is 0 Å². The van der Waals surface area contributed by atoms with E-state index in [1.165, 1.54) is 18.3 Å². The van der Waals surface area contributed by atoms with E-state index in [2.05, 4.69) is 0 Å². The van der Waals surface area contributed by atoms with Crippen LogP contribution in [0.3, 0.4) is 0 Å². The Kier molecular flexibility index (Phi) is 7.68. The molecule has 10 heteroatoms. The van der Waals surface area contributed by atoms with Gasteiger partial charge < -0.3 is 19.3 Å². The van der Waals surface area contributed by atoms with E-state index in [0.717, 1.165) is 22.1 Å². The number of carbonyl (C=O) groups is 2. The number of ether oxygens (including phenoxy) is 3. The van der Waals surface area contributed by atoms with Gasteiger partial charge in [0.1, 0.15) is 29.3 Å². The third-order valence-corrected chi connectivity index (χ3v) is 5.99. The number of halogens is 3. The Hall–Kier alpha value is -3.53. The number of phenolic OH excluding ortho intramolecular Hbond substituents is 1. The lowest BCUT2D eigenvalue weighted by Crippen LogP contribution is -2.25. The van der Waals surface area contributed by atoms with Crippen molar-refractivity contribution in [3.63, 3.8) is 0 Å². The standard InChI is InChI=1S/C26H25F3O6S/c1-14-12-20(34-15(2)30)36-23(14)16-6-9-18(10-7-16)33-13-17-8-11-19(26(27,28)29)22(31)21(17)24(32)35-25(3,4)5/h6-12,31H,13H2,1-5H3. The van der Waals surface area contributed by atoms with Crippen molar-refractivity contribution in [3.8, 4) is 27.0 Å². The minimum atomic E-state index is -4.86. The number of aryl methyl sites for hydroxylation is 1. The Balaban J connectivity index is 1.84. The first-order valence-electron chi connectivity index (χ1n) is 10.8. The predicted molar refractivity (Wildman–Crippen MR) is 128 cm³/mol. The Labute approximate surface area is 210 Å². The molecular weight excluding hydrogens is 497 g/mol. The fraction of sp³-hybridized carbons (Fsp3) is 0.308. The van der Waals surface area contributed by atoms with Gasteiger partial charge in [0.2, 0.25) is 0 Å². The molecule has 0 saturated heterocycles. The molecule has 3 aromatic rings. The number of hydrogen-bond donors (Lipinski definition) is 1. The predicted octanol–water partition coefficient (Wildman–Crippen LogP) is 6.91. The first-order valence-corrected chi connectivity index (χ1v) is 11.6. The molecule has 3 rings (SSSR count). The van der Waals surface area contributed by atoms with E-state index in [-0.39, 0.29) is 12.2 Å². The van der Waals surface area contributed by atoms with Gasteiger partial charge in [-0.25, -0.2) is 4.79 Å². The lowest BCUT2D eigenvalue weighted by atomic mass is 10.0. The van der Waals surface area contributed by atoms with Gasteiger partial charge in [0.05, 0.1) is 5.56 Å². The van der Waals surface area contributed by atoms with Gasteiger partial charge in [-0.1, -0.05) is 17.4 Å². The molecular formula is C26H25F3O6S. The van der Waals surface area contributed by atoms with E-state index in [0.29, 0.717) is 16.9 Å². The molecule has 0 aliphatic carbocycles. The van der Waals surface area contributed by atoms with Gasteiger partial charge in [0.15, 0.2) is 5.06 Å². The fourth-order valence-corrected chi connectivity index (χ4v) is 4.40. The van der Waals surface area contributed by atoms with Crippen LogP contribution in [0.2, 0.25) is 0 Å². The number of hydrogen-bond acceptors (Lipinski definition) is 7. The molecule has 0 atom stereocenters. The number of esters is 2. The Morgan fingerprint density at radius 1 is 1.03 bits per heavy atom. The second-order valence-electron chi connectivity index (χ2n) is 8.98. The molecule has 0 spiro atoms. The molecule has 0 fully saturated rings. The summed E-state index contributed by atoms with van der Waals surface area (Å²) in [6.45, 7) is 7.63. The van der Waals surface area contributed by atoms with Gasteiger partial charge in [-0.05, 0) is 75.2 Å². The monoisotopic (exact) mass is 522 g/mol. The maximum absolute atomic E-state index is 13.3. The molecule has 0 saturated carbocycles. The van der Waals surface area contributed by atoms with Crippen molar-refractivity contribution >= 4 is 23.3 Å². The molecule has 0 amide bonds. The zero-order valence-electron chi connectivity index (χ0n) is 20.3. The number of alkyl halides is 3. The van der Waals surface area contributed by atoms with Crippen LogP contribution in [0.4, 0.5) is 13.2 Å². The molecule has 1 heterocycles. The molecule has 6 nitrogen and oxygen atoms in total. The lowest BCUT2D eigenvalue weighted by molar-refractivity contribution is -0.138. The number of rotatable bonds is 6. The number of benzene rings is 2. The maximum Gasteiger partial charge on any atom is 0.419 e. The summed E-state index contributed by atoms with van der Waals surface area (Å²) in [5.74, 6) is -2.31. The van der Waals surface area contributed by atoms with Crippen LogP contribution in [0, 0.1) is 6.92 Å². The van der Waals surface area contributed by atoms with Crippen LogP contribution in [-0.2, 0) is 22.3 Å². The number of aromatic hydroxyl groups is 1. The quantitative estimate of drug-likeness (QED) is 0.355. The Bertz CT molecular complexity index is 1270. The highest BCUT2D eigenvalue weighted by Gasteiger charge is 2.37. The van der Waals surface area contributed by atoms with Crippen molar-refractivity contribution in [2.45, 2.75) is 53.0 Å². The normalized spacial score (nSPS) is 11.8. The third kappa shape index (κ3) is 6.57. The van der Waals surface area contributed by atoms with Crippen molar-refractivity contribution in [3.05, 3.63) is 64.7 Å². The van der Waals surface area contributed by atoms with Crippen LogP contribution in [0.15, 0.2) is 42.5 Å². The molecule has 36 heavy (non-hydrogen) atoms. The average molecular weight is 523 g/mol. The summed E-state index contributed by atoms with van der Waals surface area (Å²) in [6, 6.07) is 10.4. The molecule has 0 aliphatic rings. The van der Waals surface area contributed by atoms with E-state index in [1.807, 2.05) is 6.92 Å². The van der Waals surface area contributed by atoms with Crippen LogP contribution in [-0.4, -0.2) is 22.6 Å². The summed E-state index contributed by atoms with van der Waals surface area (Å²) in [6.07, 6.45) is -4.86. The largest absolute Gasteiger partial charge is 0.506 e. The van der Waals surface area contributed by atoms with Crippen LogP contribution < -0.4 is 9.47 Å². The second kappa shape index (κ2) is 10.2. The minimum absolute atomic E-state index is 0.0407. The van der Waals surface area contributed by atoms with Crippen LogP contribution >= 0.6 is 11.3 Å². The van der Waals surface area contributed by atoms with E-state index in [4.69, 9.17) is 14.2 Å². The molecule has 0 unspecified atom stereocenters. The van der Waals surface area contributed by atoms with Crippen LogP contribution in [0.1, 0.15) is 54.7 Å². The molecule has 0 aliphatic heterocycles. The van der Waals surface area contributed by atoms with Crippen molar-refractivity contribution in [2.24, 2.45) is 0 Å². The first kappa shape index (κ1) is 27.1. The zero-order valence-corrected chi connectivity index (χ0v) is 21.1. The summed E-state index contributed by atoms with van der Waals surface area (Å²) in [5.41, 5.74) is -1.10. The van der Waals surface area contributed by atoms with Gasteiger partial charge in [0.25, 0.3) is 0 Å². The highest BCUT2D eigenvalue weighted by Crippen LogP contribution is 2.40. The second-order valence-corrected chi connectivity index (χ2v) is 9.99. The molecule has 0 bridgehead atoms. The molecule has 2 aromatic carbocycles. The van der Waals surface area contributed by atoms with E-state index < -0.39 is 40.6 Å². The summed E-state index contributed by atoms with van der Waals surface area (Å²) in [4.78, 5) is 24.8. The van der Waals surface area contributed by atoms with Crippen molar-refractivity contribution in [1.82, 2.24) is 0 Å². The van der Waals surface area contributed by atoms with E-state index in [1.54, 1.807) is 51.1 Å². The van der Waals surface area contributed by atoms with Gasteiger partial charge in [0, 0.05) is 17.4 Å². The van der Waals surface area contributed by atoms with Crippen molar-refractivity contribution < 1.29 is 42.1 Å². The van der Waals surface area contributed by atoms with Gasteiger partial charge in [-0.2, -0.15) is 13.2 Å². The highest BCUT2D eigenvalue weighted by molar-refractivity contribution is 7.17. The van der Waals surface area contributed by atoms with Crippen LogP contribution in [0.25, 0.3) is 10.4 Å². The average Bonchev–Trinajstić information content (AvgIpc) is 3.09.